The molecule has 2 aromatic heterocycles. The zero-order valence-electron chi connectivity index (χ0n) is 12.2. The number of hydrogen-bond acceptors (Lipinski definition) is 7. The largest absolute Gasteiger partial charge is 0.384 e. The maximum atomic E-state index is 5.95. The number of ether oxygens (including phenoxy) is 1. The molecule has 2 aromatic rings. The first kappa shape index (κ1) is 14.8. The van der Waals surface area contributed by atoms with Crippen LogP contribution in [0.4, 0.5) is 17.5 Å². The molecule has 1 fully saturated rings. The number of halogens is 1. The highest BCUT2D eigenvalue weighted by Crippen LogP contribution is 2.26. The molecule has 1 aliphatic heterocycles. The summed E-state index contributed by atoms with van der Waals surface area (Å²) in [6.07, 6.45) is 0. The summed E-state index contributed by atoms with van der Waals surface area (Å²) in [6, 6.07) is 5.33. The molecule has 1 saturated heterocycles. The lowest BCUT2D eigenvalue weighted by Gasteiger charge is -2.34. The average Bonchev–Trinajstić information content (AvgIpc) is 2.46. The zero-order chi connectivity index (χ0) is 15.7. The van der Waals surface area contributed by atoms with Crippen LogP contribution in [0.2, 0.25) is 5.15 Å². The Labute approximate surface area is 133 Å². The fourth-order valence-corrected chi connectivity index (χ4v) is 2.66. The molecule has 1 aliphatic rings. The van der Waals surface area contributed by atoms with E-state index >= 15 is 0 Å². The van der Waals surface area contributed by atoms with Crippen LogP contribution in [0.15, 0.2) is 18.2 Å². The van der Waals surface area contributed by atoms with Crippen LogP contribution in [0.25, 0.3) is 11.4 Å². The van der Waals surface area contributed by atoms with Crippen molar-refractivity contribution >= 4 is 29.1 Å². The van der Waals surface area contributed by atoms with Gasteiger partial charge in [0.1, 0.15) is 22.6 Å². The van der Waals surface area contributed by atoms with Gasteiger partial charge in [-0.2, -0.15) is 0 Å². The van der Waals surface area contributed by atoms with Gasteiger partial charge >= 0.3 is 0 Å². The minimum absolute atomic E-state index is 0.224. The van der Waals surface area contributed by atoms with Gasteiger partial charge in [0.25, 0.3) is 0 Å². The zero-order valence-corrected chi connectivity index (χ0v) is 12.9. The molecule has 3 rings (SSSR count). The fourth-order valence-electron chi connectivity index (χ4n) is 2.44. The Kier molecular flexibility index (Phi) is 4.00. The van der Waals surface area contributed by atoms with E-state index in [2.05, 4.69) is 26.8 Å². The number of pyridine rings is 1. The summed E-state index contributed by atoms with van der Waals surface area (Å²) in [5, 5.41) is 0.294. The Balaban J connectivity index is 2.02. The van der Waals surface area contributed by atoms with E-state index < -0.39 is 0 Å². The number of nitrogens with two attached hydrogens (primary N) is 2. The second kappa shape index (κ2) is 5.94. The molecule has 3 heterocycles. The van der Waals surface area contributed by atoms with Crippen molar-refractivity contribution in [3.8, 4) is 11.4 Å². The number of nitrogen functional groups attached to an aromatic ring is 2. The summed E-state index contributed by atoms with van der Waals surface area (Å²) in [6.45, 7) is 4.17. The third-order valence-corrected chi connectivity index (χ3v) is 3.66. The van der Waals surface area contributed by atoms with Crippen molar-refractivity contribution in [2.75, 3.05) is 36.1 Å². The molecule has 0 radical (unpaired) electrons. The van der Waals surface area contributed by atoms with Crippen LogP contribution in [0.5, 0.6) is 0 Å². The first-order valence-electron chi connectivity index (χ1n) is 6.95. The van der Waals surface area contributed by atoms with Gasteiger partial charge in [-0.1, -0.05) is 11.6 Å². The number of morpholine rings is 1. The number of nitrogens with zero attached hydrogens (tertiary/aromatic N) is 4. The lowest BCUT2D eigenvalue weighted by molar-refractivity contribution is 0.0985. The molecule has 4 N–H and O–H groups in total. The minimum Gasteiger partial charge on any atom is -0.384 e. The molecule has 0 saturated carbocycles. The summed E-state index contributed by atoms with van der Waals surface area (Å²) in [5.74, 6) is 1.95. The second-order valence-electron chi connectivity index (χ2n) is 5.20. The van der Waals surface area contributed by atoms with E-state index in [0.717, 1.165) is 12.4 Å². The normalized spacial score (nSPS) is 18.5. The van der Waals surface area contributed by atoms with Crippen molar-refractivity contribution in [2.45, 2.75) is 13.0 Å². The quantitative estimate of drug-likeness (QED) is 0.810. The highest BCUT2D eigenvalue weighted by atomic mass is 35.5. The van der Waals surface area contributed by atoms with Crippen molar-refractivity contribution in [3.05, 3.63) is 23.4 Å². The van der Waals surface area contributed by atoms with Crippen LogP contribution >= 0.6 is 11.6 Å². The molecule has 7 nitrogen and oxygen atoms in total. The molecular weight excluding hydrogens is 304 g/mol. The average molecular weight is 321 g/mol. The van der Waals surface area contributed by atoms with Gasteiger partial charge in [-0.25, -0.2) is 15.0 Å². The van der Waals surface area contributed by atoms with E-state index in [0.29, 0.717) is 41.4 Å². The molecule has 0 aliphatic carbocycles. The summed E-state index contributed by atoms with van der Waals surface area (Å²) in [4.78, 5) is 15.0. The van der Waals surface area contributed by atoms with Crippen molar-refractivity contribution < 1.29 is 4.74 Å². The standard InChI is InChI=1S/C14H17ClN6O/c1-8-7-22-3-2-21(8)13-6-12(17)19-14(20-13)9-4-10(15)18-11(16)5-9/h4-6,8H,2-3,7H2,1H3,(H2,16,18)(H2,17,19,20)/t8-/m1/s1. The first-order chi connectivity index (χ1) is 10.5. The van der Waals surface area contributed by atoms with Crippen LogP contribution < -0.4 is 16.4 Å². The van der Waals surface area contributed by atoms with Gasteiger partial charge in [0.15, 0.2) is 5.82 Å². The Morgan fingerprint density at radius 2 is 1.95 bits per heavy atom. The van der Waals surface area contributed by atoms with Gasteiger partial charge in [-0.05, 0) is 19.1 Å². The topological polar surface area (TPSA) is 103 Å². The molecule has 0 amide bonds. The van der Waals surface area contributed by atoms with Gasteiger partial charge in [0.05, 0.1) is 19.3 Å². The van der Waals surface area contributed by atoms with Gasteiger partial charge in [0.2, 0.25) is 0 Å². The van der Waals surface area contributed by atoms with Crippen LogP contribution in [0.3, 0.4) is 0 Å². The molecule has 0 bridgehead atoms. The van der Waals surface area contributed by atoms with Gasteiger partial charge < -0.3 is 21.1 Å². The second-order valence-corrected chi connectivity index (χ2v) is 5.58. The molecule has 8 heteroatoms. The smallest absolute Gasteiger partial charge is 0.164 e. The van der Waals surface area contributed by atoms with E-state index in [1.165, 1.54) is 0 Å². The van der Waals surface area contributed by atoms with Crippen molar-refractivity contribution in [2.24, 2.45) is 0 Å². The lowest BCUT2D eigenvalue weighted by atomic mass is 10.2. The Bertz CT molecular complexity index is 675. The highest BCUT2D eigenvalue weighted by Gasteiger charge is 2.21. The van der Waals surface area contributed by atoms with Crippen LogP contribution in [-0.2, 0) is 4.74 Å². The number of aromatic nitrogens is 3. The predicted octanol–water partition coefficient (Wildman–Crippen LogP) is 1.58. The summed E-state index contributed by atoms with van der Waals surface area (Å²) < 4.78 is 5.45. The third kappa shape index (κ3) is 3.05. The monoisotopic (exact) mass is 320 g/mol. The maximum absolute atomic E-state index is 5.95. The molecule has 0 spiro atoms. The molecule has 22 heavy (non-hydrogen) atoms. The Hall–Kier alpha value is -2.12. The maximum Gasteiger partial charge on any atom is 0.164 e. The minimum atomic E-state index is 0.224. The van der Waals surface area contributed by atoms with Crippen molar-refractivity contribution in [1.82, 2.24) is 15.0 Å². The number of hydrogen-bond donors (Lipinski definition) is 2. The van der Waals surface area contributed by atoms with E-state index in [-0.39, 0.29) is 6.04 Å². The van der Waals surface area contributed by atoms with Crippen molar-refractivity contribution in [3.63, 3.8) is 0 Å². The van der Waals surface area contributed by atoms with E-state index in [9.17, 15) is 0 Å². The predicted molar refractivity (Wildman–Crippen MR) is 86.7 cm³/mol. The molecule has 116 valence electrons. The van der Waals surface area contributed by atoms with E-state index in [1.807, 2.05) is 0 Å². The third-order valence-electron chi connectivity index (χ3n) is 3.47. The first-order valence-corrected chi connectivity index (χ1v) is 7.33. The Morgan fingerprint density at radius 3 is 2.68 bits per heavy atom. The van der Waals surface area contributed by atoms with Crippen LogP contribution in [0.1, 0.15) is 6.92 Å². The van der Waals surface area contributed by atoms with Gasteiger partial charge in [-0.15, -0.1) is 0 Å². The fraction of sp³-hybridized carbons (Fsp3) is 0.357. The molecule has 0 aromatic carbocycles. The molecular formula is C14H17ClN6O. The SMILES string of the molecule is C[C@@H]1COCCN1c1cc(N)nc(-c2cc(N)nc(Cl)c2)n1. The lowest BCUT2D eigenvalue weighted by Crippen LogP contribution is -2.44. The number of anilines is 3. The molecule has 0 unspecified atom stereocenters. The summed E-state index contributed by atoms with van der Waals surface area (Å²) in [7, 11) is 0. The summed E-state index contributed by atoms with van der Waals surface area (Å²) >= 11 is 5.95. The van der Waals surface area contributed by atoms with Gasteiger partial charge in [-0.3, -0.25) is 0 Å². The van der Waals surface area contributed by atoms with Crippen LogP contribution in [0, 0.1) is 0 Å². The van der Waals surface area contributed by atoms with Gasteiger partial charge in [0, 0.05) is 18.2 Å². The van der Waals surface area contributed by atoms with E-state index in [1.54, 1.807) is 18.2 Å². The highest BCUT2D eigenvalue weighted by molar-refractivity contribution is 6.29. The summed E-state index contributed by atoms with van der Waals surface area (Å²) in [5.41, 5.74) is 12.4. The van der Waals surface area contributed by atoms with E-state index in [4.69, 9.17) is 27.8 Å². The molecule has 1 atom stereocenters. The van der Waals surface area contributed by atoms with Crippen LogP contribution in [-0.4, -0.2) is 40.8 Å². The van der Waals surface area contributed by atoms with Crippen molar-refractivity contribution in [1.29, 1.82) is 0 Å². The number of rotatable bonds is 2. The Morgan fingerprint density at radius 1 is 1.18 bits per heavy atom.